The number of alkyl halides is 1. The third kappa shape index (κ3) is 6.44. The van der Waals surface area contributed by atoms with Gasteiger partial charge in [-0.3, -0.25) is 24.6 Å². The van der Waals surface area contributed by atoms with E-state index in [0.717, 1.165) is 68.7 Å². The molecular formula is C41H46F3N9O4. The monoisotopic (exact) mass is 785 g/mol. The van der Waals surface area contributed by atoms with Crippen molar-refractivity contribution >= 4 is 34.9 Å². The maximum Gasteiger partial charge on any atom is 0.255 e. The topological polar surface area (TPSA) is 137 Å². The van der Waals surface area contributed by atoms with Gasteiger partial charge in [-0.15, -0.1) is 10.2 Å². The Morgan fingerprint density at radius 3 is 2.53 bits per heavy atom. The van der Waals surface area contributed by atoms with Crippen molar-refractivity contribution in [1.82, 2.24) is 30.2 Å². The number of aromatic hydroxyl groups is 1. The third-order valence-corrected chi connectivity index (χ3v) is 13.8. The molecule has 7 heterocycles. The molecule has 10 rings (SSSR count). The van der Waals surface area contributed by atoms with Crippen LogP contribution in [0, 0.1) is 35.3 Å². The number of amides is 3. The number of carbonyl (C=O) groups excluding carboxylic acids is 3. The van der Waals surface area contributed by atoms with Crippen LogP contribution in [0.15, 0.2) is 36.4 Å². The number of phenols is 1. The van der Waals surface area contributed by atoms with Crippen LogP contribution in [0.25, 0.3) is 11.3 Å². The van der Waals surface area contributed by atoms with E-state index in [4.69, 9.17) is 0 Å². The second-order valence-corrected chi connectivity index (χ2v) is 17.2. The molecule has 57 heavy (non-hydrogen) atoms. The van der Waals surface area contributed by atoms with Crippen molar-refractivity contribution in [3.05, 3.63) is 59.2 Å². The predicted octanol–water partition coefficient (Wildman–Crippen LogP) is 3.24. The first-order chi connectivity index (χ1) is 27.5. The first kappa shape index (κ1) is 36.4. The SMILES string of the molecule is C[C@H]1CN2c3cc(-c4cc(F)cc(F)c4O)nnc3NC[C@H]2CN1C[C@@H]1[C@@H]2CN(C[C@H]3CCN(c4ccc5c(c4)C(=O)N(C4CCC(=O)NC4=O)C5)C[C@@H]3F)C[C@@H]21. The number of rotatable bonds is 7. The number of anilines is 3. The van der Waals surface area contributed by atoms with Crippen molar-refractivity contribution in [1.29, 1.82) is 0 Å². The Hall–Kier alpha value is -4.96. The van der Waals surface area contributed by atoms with E-state index in [9.17, 15) is 28.3 Å². The number of phenolic OH excluding ortho intramolecular Hbond substituents is 1. The number of likely N-dealkylation sites (tertiary alicyclic amines) is 1. The smallest absolute Gasteiger partial charge is 0.255 e. The molecule has 4 saturated heterocycles. The zero-order chi connectivity index (χ0) is 39.3. The zero-order valence-electron chi connectivity index (χ0n) is 31.7. The number of hydrogen-bond donors (Lipinski definition) is 3. The molecule has 7 aliphatic rings. The van der Waals surface area contributed by atoms with Crippen LogP contribution in [-0.4, -0.2) is 131 Å². The molecule has 2 aromatic carbocycles. The Bertz CT molecular complexity index is 2150. The summed E-state index contributed by atoms with van der Waals surface area (Å²) >= 11 is 0. The van der Waals surface area contributed by atoms with Gasteiger partial charge in [0.1, 0.15) is 18.0 Å². The van der Waals surface area contributed by atoms with E-state index in [1.807, 2.05) is 23.1 Å². The predicted molar refractivity (Wildman–Crippen MR) is 204 cm³/mol. The average molecular weight is 786 g/mol. The lowest BCUT2D eigenvalue weighted by atomic mass is 9.93. The summed E-state index contributed by atoms with van der Waals surface area (Å²) in [5, 5.41) is 24.5. The number of nitrogens with zero attached hydrogens (tertiary/aromatic N) is 7. The lowest BCUT2D eigenvalue weighted by Crippen LogP contribution is -2.61. The highest BCUT2D eigenvalue weighted by Gasteiger charge is 2.56. The summed E-state index contributed by atoms with van der Waals surface area (Å²) < 4.78 is 44.0. The van der Waals surface area contributed by atoms with Gasteiger partial charge in [-0.1, -0.05) is 6.07 Å². The molecule has 300 valence electrons. The minimum atomic E-state index is -1.04. The van der Waals surface area contributed by atoms with Gasteiger partial charge in [0.25, 0.3) is 5.91 Å². The van der Waals surface area contributed by atoms with Crippen molar-refractivity contribution in [2.75, 3.05) is 74.0 Å². The normalized spacial score (nSPS) is 31.1. The molecular weight excluding hydrogens is 740 g/mol. The second-order valence-electron chi connectivity index (χ2n) is 17.2. The minimum Gasteiger partial charge on any atom is -0.504 e. The van der Waals surface area contributed by atoms with E-state index >= 15 is 4.39 Å². The Kier molecular flexibility index (Phi) is 8.84. The second kappa shape index (κ2) is 13.9. The number of hydrogen-bond acceptors (Lipinski definition) is 11. The highest BCUT2D eigenvalue weighted by molar-refractivity contribution is 6.05. The van der Waals surface area contributed by atoms with Gasteiger partial charge in [0, 0.05) is 107 Å². The van der Waals surface area contributed by atoms with Crippen LogP contribution in [0.4, 0.5) is 30.4 Å². The van der Waals surface area contributed by atoms with Crippen LogP contribution in [0.3, 0.4) is 0 Å². The fourth-order valence-electron chi connectivity index (χ4n) is 10.5. The van der Waals surface area contributed by atoms with Gasteiger partial charge in [-0.05, 0) is 67.3 Å². The molecule has 13 nitrogen and oxygen atoms in total. The summed E-state index contributed by atoms with van der Waals surface area (Å²) in [6.45, 7) is 9.66. The van der Waals surface area contributed by atoms with E-state index < -0.39 is 35.5 Å². The average Bonchev–Trinajstić information content (AvgIpc) is 3.46. The molecule has 1 aromatic heterocycles. The van der Waals surface area contributed by atoms with Gasteiger partial charge in [0.15, 0.2) is 17.4 Å². The molecule has 16 heteroatoms. The zero-order valence-corrected chi connectivity index (χ0v) is 31.7. The maximum atomic E-state index is 15.8. The molecule has 1 unspecified atom stereocenters. The molecule has 8 atom stereocenters. The summed E-state index contributed by atoms with van der Waals surface area (Å²) in [6.07, 6.45) is 0.279. The van der Waals surface area contributed by atoms with E-state index in [2.05, 4.69) is 42.5 Å². The summed E-state index contributed by atoms with van der Waals surface area (Å²) in [6, 6.07) is 8.94. The number of nitrogens with one attached hydrogen (secondary N) is 2. The van der Waals surface area contributed by atoms with Crippen molar-refractivity contribution < 1.29 is 32.7 Å². The summed E-state index contributed by atoms with van der Waals surface area (Å²) in [7, 11) is 0. The lowest BCUT2D eigenvalue weighted by Gasteiger charge is -2.49. The molecule has 0 spiro atoms. The number of imide groups is 1. The number of piperazine rings is 1. The fourth-order valence-corrected chi connectivity index (χ4v) is 10.5. The number of benzene rings is 2. The maximum absolute atomic E-state index is 15.8. The Morgan fingerprint density at radius 2 is 1.74 bits per heavy atom. The van der Waals surface area contributed by atoms with Crippen LogP contribution < -0.4 is 20.4 Å². The molecule has 1 saturated carbocycles. The van der Waals surface area contributed by atoms with E-state index in [-0.39, 0.29) is 54.0 Å². The molecule has 6 aliphatic heterocycles. The van der Waals surface area contributed by atoms with Gasteiger partial charge in [-0.25, -0.2) is 13.2 Å². The van der Waals surface area contributed by atoms with Gasteiger partial charge in [0.2, 0.25) is 11.8 Å². The summed E-state index contributed by atoms with van der Waals surface area (Å²) in [4.78, 5) is 48.3. The van der Waals surface area contributed by atoms with Crippen molar-refractivity contribution in [2.24, 2.45) is 23.7 Å². The highest BCUT2D eigenvalue weighted by atomic mass is 19.1. The highest BCUT2D eigenvalue weighted by Crippen LogP contribution is 2.53. The largest absolute Gasteiger partial charge is 0.504 e. The fraction of sp³-hybridized carbons (Fsp3) is 0.537. The molecule has 5 fully saturated rings. The van der Waals surface area contributed by atoms with Crippen molar-refractivity contribution in [3.8, 4) is 17.0 Å². The standard InChI is InChI=1S/C41H46F3N9O4/c1-21-13-52-26(12-45-39-36(52)11-34(47-48-39)28-8-24(42)9-32(43)38(28)55)16-51(21)19-31-29-17-49(18-30(29)31)14-23-6-7-50(20-33(23)44)25-3-2-22-15-53(41(57)27(22)10-25)35-4-5-37(54)46-40(35)56/h2-3,8-11,21,23,26,29-31,33,35,55H,4-7,12-20H2,1H3,(H,45,48)(H,46,54,56)/t21-,23+,26-,29-,30+,31-,33-,35?/m0/s1. The van der Waals surface area contributed by atoms with E-state index in [0.29, 0.717) is 61.3 Å². The van der Waals surface area contributed by atoms with E-state index in [1.54, 1.807) is 11.0 Å². The number of fused-ring (bicyclic) bond motifs is 5. The molecule has 1 aliphatic carbocycles. The Labute approximate surface area is 328 Å². The number of aromatic nitrogens is 2. The summed E-state index contributed by atoms with van der Waals surface area (Å²) in [5.74, 6) is -1.01. The number of halogens is 3. The first-order valence-electron chi connectivity index (χ1n) is 20.2. The van der Waals surface area contributed by atoms with Gasteiger partial charge >= 0.3 is 0 Å². The van der Waals surface area contributed by atoms with Crippen molar-refractivity contribution in [3.63, 3.8) is 0 Å². The van der Waals surface area contributed by atoms with Gasteiger partial charge < -0.3 is 30.0 Å². The molecule has 3 amide bonds. The van der Waals surface area contributed by atoms with E-state index in [1.165, 1.54) is 0 Å². The quantitative estimate of drug-likeness (QED) is 0.305. The van der Waals surface area contributed by atoms with Crippen LogP contribution in [0.5, 0.6) is 5.75 Å². The van der Waals surface area contributed by atoms with Crippen LogP contribution in [-0.2, 0) is 16.1 Å². The van der Waals surface area contributed by atoms with Crippen LogP contribution in [0.1, 0.15) is 42.1 Å². The molecule has 0 radical (unpaired) electrons. The third-order valence-electron chi connectivity index (χ3n) is 13.8. The Balaban J connectivity index is 0.709. The van der Waals surface area contributed by atoms with Gasteiger partial charge in [0.05, 0.1) is 17.4 Å². The number of piperidine rings is 3. The number of carbonyl (C=O) groups is 3. The lowest BCUT2D eigenvalue weighted by molar-refractivity contribution is -0.136. The molecule has 3 N–H and O–H groups in total. The van der Waals surface area contributed by atoms with Crippen LogP contribution >= 0.6 is 0 Å². The Morgan fingerprint density at radius 1 is 0.912 bits per heavy atom. The molecule has 3 aromatic rings. The van der Waals surface area contributed by atoms with Crippen molar-refractivity contribution in [2.45, 2.75) is 57.0 Å². The molecule has 0 bridgehead atoms. The van der Waals surface area contributed by atoms with Crippen LogP contribution in [0.2, 0.25) is 0 Å². The first-order valence-corrected chi connectivity index (χ1v) is 20.2. The van der Waals surface area contributed by atoms with Gasteiger partial charge in [-0.2, -0.15) is 0 Å². The summed E-state index contributed by atoms with van der Waals surface area (Å²) in [5.41, 5.74) is 3.19. The minimum absolute atomic E-state index is 0.0325.